The van der Waals surface area contributed by atoms with Gasteiger partial charge in [0.1, 0.15) is 16.2 Å². The van der Waals surface area contributed by atoms with E-state index < -0.39 is 0 Å². The van der Waals surface area contributed by atoms with Crippen LogP contribution in [0.25, 0.3) is 20.4 Å². The number of fused-ring (bicyclic) bond motifs is 3. The zero-order valence-electron chi connectivity index (χ0n) is 14.9. The molecule has 3 heterocycles. The lowest BCUT2D eigenvalue weighted by molar-refractivity contribution is -0.113. The number of benzene rings is 1. The second-order valence-electron chi connectivity index (χ2n) is 6.15. The Morgan fingerprint density at radius 2 is 1.96 bits per heavy atom. The third-order valence-corrected chi connectivity index (χ3v) is 6.91. The summed E-state index contributed by atoms with van der Waals surface area (Å²) < 4.78 is 0.937. The van der Waals surface area contributed by atoms with Crippen LogP contribution < -0.4 is 5.32 Å². The first-order valence-corrected chi connectivity index (χ1v) is 10.9. The van der Waals surface area contributed by atoms with E-state index in [1.807, 2.05) is 13.0 Å². The summed E-state index contributed by atoms with van der Waals surface area (Å²) in [5.74, 6) is -0.0362. The minimum atomic E-state index is -0.210. The summed E-state index contributed by atoms with van der Waals surface area (Å²) in [7, 11) is 0. The van der Waals surface area contributed by atoms with Gasteiger partial charge < -0.3 is 5.32 Å². The monoisotopic (exact) mass is 448 g/mol. The topological polar surface area (TPSA) is 67.8 Å². The molecule has 0 atom stereocenters. The van der Waals surface area contributed by atoms with Crippen molar-refractivity contribution >= 4 is 78.3 Å². The Morgan fingerprint density at radius 3 is 2.71 bits per heavy atom. The molecule has 0 saturated carbocycles. The van der Waals surface area contributed by atoms with Crippen LogP contribution in [-0.4, -0.2) is 26.6 Å². The fourth-order valence-electron chi connectivity index (χ4n) is 2.92. The Balaban J connectivity index is 1.60. The van der Waals surface area contributed by atoms with E-state index in [0.717, 1.165) is 36.7 Å². The highest BCUT2D eigenvalue weighted by Gasteiger charge is 2.16. The van der Waals surface area contributed by atoms with E-state index in [1.165, 1.54) is 18.1 Å². The Hall–Kier alpha value is -1.93. The van der Waals surface area contributed by atoms with Gasteiger partial charge in [0.05, 0.1) is 31.7 Å². The molecule has 0 fully saturated rings. The molecule has 0 aliphatic rings. The van der Waals surface area contributed by atoms with Crippen LogP contribution in [0.5, 0.6) is 0 Å². The second-order valence-corrected chi connectivity index (χ2v) is 8.93. The molecule has 4 aromatic rings. The molecular weight excluding hydrogens is 435 g/mol. The van der Waals surface area contributed by atoms with Gasteiger partial charge >= 0.3 is 0 Å². The summed E-state index contributed by atoms with van der Waals surface area (Å²) in [6.45, 7) is 4.03. The van der Waals surface area contributed by atoms with Crippen LogP contribution in [0.15, 0.2) is 35.6 Å². The molecule has 9 heteroatoms. The first kappa shape index (κ1) is 19.4. The first-order chi connectivity index (χ1) is 13.4. The largest absolute Gasteiger partial charge is 0.323 e. The van der Waals surface area contributed by atoms with Crippen LogP contribution in [-0.2, 0) is 4.79 Å². The smallest absolute Gasteiger partial charge is 0.234 e. The lowest BCUT2D eigenvalue weighted by Crippen LogP contribution is -2.14. The molecule has 0 unspecified atom stereocenters. The van der Waals surface area contributed by atoms with Crippen molar-refractivity contribution in [2.75, 3.05) is 11.1 Å². The average molecular weight is 449 g/mol. The number of nitrogens with one attached hydrogen (secondary N) is 1. The number of aromatic nitrogens is 3. The number of amides is 1. The fraction of sp³-hybridized carbons (Fsp3) is 0.158. The van der Waals surface area contributed by atoms with Gasteiger partial charge in [-0.3, -0.25) is 4.79 Å². The zero-order valence-corrected chi connectivity index (χ0v) is 18.1. The molecule has 0 aliphatic heterocycles. The summed E-state index contributed by atoms with van der Waals surface area (Å²) >= 11 is 15.1. The van der Waals surface area contributed by atoms with Crippen molar-refractivity contribution in [3.8, 4) is 0 Å². The van der Waals surface area contributed by atoms with Crippen molar-refractivity contribution < 1.29 is 4.79 Å². The predicted octanol–water partition coefficient (Wildman–Crippen LogP) is 5.89. The molecular formula is C19H14Cl2N4OS2. The van der Waals surface area contributed by atoms with E-state index in [1.54, 1.807) is 29.5 Å². The third-order valence-electron chi connectivity index (χ3n) is 4.09. The van der Waals surface area contributed by atoms with Crippen LogP contribution in [0.4, 0.5) is 5.69 Å². The quantitative estimate of drug-likeness (QED) is 0.311. The molecule has 0 saturated heterocycles. The van der Waals surface area contributed by atoms with Gasteiger partial charge in [0, 0.05) is 11.1 Å². The number of halogens is 2. The standard InChI is InChI=1S/C19H14Cl2N4OS2/c1-9-6-10(2)24-18-14(9)16-17(28-18)19(23-8-22-16)27-7-13(26)25-15-11(20)4-3-5-12(15)21/h3-6,8H,7H2,1-2H3,(H,25,26). The molecule has 4 rings (SSSR count). The third kappa shape index (κ3) is 3.67. The van der Waals surface area contributed by atoms with Gasteiger partial charge in [-0.15, -0.1) is 11.3 Å². The number of nitrogens with zero attached hydrogens (tertiary/aromatic N) is 3. The van der Waals surface area contributed by atoms with Gasteiger partial charge in [-0.2, -0.15) is 0 Å². The predicted molar refractivity (Wildman–Crippen MR) is 118 cm³/mol. The number of hydrogen-bond acceptors (Lipinski definition) is 6. The Morgan fingerprint density at radius 1 is 1.21 bits per heavy atom. The number of para-hydroxylation sites is 1. The van der Waals surface area contributed by atoms with E-state index in [-0.39, 0.29) is 11.7 Å². The number of thioether (sulfide) groups is 1. The number of thiophene rings is 1. The number of carbonyl (C=O) groups is 1. The summed E-state index contributed by atoms with van der Waals surface area (Å²) in [6, 6.07) is 7.13. The highest BCUT2D eigenvalue weighted by Crippen LogP contribution is 2.38. The zero-order chi connectivity index (χ0) is 19.8. The maximum Gasteiger partial charge on any atom is 0.234 e. The number of hydrogen-bond donors (Lipinski definition) is 1. The molecule has 5 nitrogen and oxygen atoms in total. The Kier molecular flexibility index (Phi) is 5.42. The van der Waals surface area contributed by atoms with Crippen LogP contribution in [0.3, 0.4) is 0 Å². The number of carbonyl (C=O) groups excluding carboxylic acids is 1. The number of anilines is 1. The van der Waals surface area contributed by atoms with Crippen LogP contribution in [0.1, 0.15) is 11.3 Å². The average Bonchev–Trinajstić information content (AvgIpc) is 3.02. The fourth-order valence-corrected chi connectivity index (χ4v) is 5.54. The molecule has 3 aromatic heterocycles. The van der Waals surface area contributed by atoms with Gasteiger partial charge in [0.25, 0.3) is 0 Å². The number of rotatable bonds is 4. The minimum absolute atomic E-state index is 0.174. The van der Waals surface area contributed by atoms with Crippen molar-refractivity contribution in [3.05, 3.63) is 51.9 Å². The molecule has 0 spiro atoms. The molecule has 1 N–H and O–H groups in total. The maximum atomic E-state index is 12.4. The van der Waals surface area contributed by atoms with Crippen molar-refractivity contribution in [1.82, 2.24) is 15.0 Å². The van der Waals surface area contributed by atoms with Crippen molar-refractivity contribution in [1.29, 1.82) is 0 Å². The molecule has 1 amide bonds. The van der Waals surface area contributed by atoms with Gasteiger partial charge in [-0.1, -0.05) is 41.0 Å². The Labute approximate surface area is 179 Å². The molecule has 0 bridgehead atoms. The van der Waals surface area contributed by atoms with Gasteiger partial charge in [-0.25, -0.2) is 15.0 Å². The second kappa shape index (κ2) is 7.83. The van der Waals surface area contributed by atoms with E-state index in [4.69, 9.17) is 23.2 Å². The highest BCUT2D eigenvalue weighted by molar-refractivity contribution is 8.00. The van der Waals surface area contributed by atoms with Crippen LogP contribution in [0.2, 0.25) is 10.0 Å². The lowest BCUT2D eigenvalue weighted by atomic mass is 10.1. The van der Waals surface area contributed by atoms with Crippen LogP contribution >= 0.6 is 46.3 Å². The maximum absolute atomic E-state index is 12.4. The van der Waals surface area contributed by atoms with E-state index in [0.29, 0.717) is 15.7 Å². The number of aryl methyl sites for hydroxylation is 2. The van der Waals surface area contributed by atoms with E-state index >= 15 is 0 Å². The van der Waals surface area contributed by atoms with Gasteiger partial charge in [0.2, 0.25) is 5.91 Å². The normalized spacial score (nSPS) is 11.3. The SMILES string of the molecule is Cc1cc(C)c2c(n1)sc1c(SCC(=O)Nc3c(Cl)cccc3Cl)ncnc12. The Bertz CT molecular complexity index is 1210. The summed E-state index contributed by atoms with van der Waals surface area (Å²) in [5.41, 5.74) is 3.39. The van der Waals surface area contributed by atoms with Crippen molar-refractivity contribution in [2.45, 2.75) is 18.9 Å². The molecule has 1 aromatic carbocycles. The van der Waals surface area contributed by atoms with E-state index in [2.05, 4.69) is 27.2 Å². The minimum Gasteiger partial charge on any atom is -0.323 e. The molecule has 142 valence electrons. The van der Waals surface area contributed by atoms with Crippen molar-refractivity contribution in [3.63, 3.8) is 0 Å². The summed E-state index contributed by atoms with van der Waals surface area (Å²) in [5, 5.41) is 5.36. The summed E-state index contributed by atoms with van der Waals surface area (Å²) in [6.07, 6.45) is 1.53. The highest BCUT2D eigenvalue weighted by atomic mass is 35.5. The van der Waals surface area contributed by atoms with E-state index in [9.17, 15) is 4.79 Å². The van der Waals surface area contributed by atoms with Crippen molar-refractivity contribution in [2.24, 2.45) is 0 Å². The molecule has 0 aliphatic carbocycles. The molecule has 0 radical (unpaired) electrons. The number of pyridine rings is 1. The van der Waals surface area contributed by atoms with Crippen LogP contribution in [0, 0.1) is 13.8 Å². The van der Waals surface area contributed by atoms with Gasteiger partial charge in [0.15, 0.2) is 0 Å². The molecule has 28 heavy (non-hydrogen) atoms. The first-order valence-electron chi connectivity index (χ1n) is 8.32. The van der Waals surface area contributed by atoms with Gasteiger partial charge in [-0.05, 0) is 37.6 Å². The lowest BCUT2D eigenvalue weighted by Gasteiger charge is -2.08. The summed E-state index contributed by atoms with van der Waals surface area (Å²) in [4.78, 5) is 26.8.